The van der Waals surface area contributed by atoms with E-state index >= 15 is 0 Å². The molecule has 0 aromatic carbocycles. The van der Waals surface area contributed by atoms with Crippen molar-refractivity contribution >= 4 is 28.2 Å². The van der Waals surface area contributed by atoms with E-state index in [2.05, 4.69) is 20.9 Å². The zero-order chi connectivity index (χ0) is 8.27. The van der Waals surface area contributed by atoms with Crippen molar-refractivity contribution in [2.45, 2.75) is 0 Å². The van der Waals surface area contributed by atoms with E-state index in [1.807, 2.05) is 0 Å². The number of carbonyl (C=O) groups excluding carboxylic acids is 1. The Hall–Kier alpha value is -0.940. The summed E-state index contributed by atoms with van der Waals surface area (Å²) < 4.78 is 0.848. The number of nitrogens with two attached hydrogens (primary N) is 1. The largest absolute Gasteiger partial charge is 0.277 e. The van der Waals surface area contributed by atoms with Crippen molar-refractivity contribution in [1.29, 1.82) is 0 Å². The number of aromatic nitrogens is 1. The van der Waals surface area contributed by atoms with Crippen LogP contribution in [0.5, 0.6) is 0 Å². The molecule has 1 aromatic rings. The number of hydrogen-bond donors (Lipinski definition) is 1. The van der Waals surface area contributed by atoms with Crippen molar-refractivity contribution in [3.63, 3.8) is 0 Å². The molecule has 0 fully saturated rings. The van der Waals surface area contributed by atoms with Gasteiger partial charge in [0.1, 0.15) is 5.82 Å². The molecular formula is C6H6BrN3O. The fraction of sp³-hybridized carbons (Fsp3) is 0. The minimum atomic E-state index is 0.420. The molecule has 1 amide bonds. The molecule has 58 valence electrons. The topological polar surface area (TPSA) is 59.2 Å². The number of pyridine rings is 1. The van der Waals surface area contributed by atoms with E-state index in [1.54, 1.807) is 18.3 Å². The Balaban J connectivity index is 2.89. The predicted molar refractivity (Wildman–Crippen MR) is 44.7 cm³/mol. The Labute approximate surface area is 72.1 Å². The number of anilines is 1. The van der Waals surface area contributed by atoms with Gasteiger partial charge in [-0.25, -0.2) is 15.8 Å². The molecule has 4 nitrogen and oxygen atoms in total. The molecule has 0 aliphatic carbocycles. The van der Waals surface area contributed by atoms with Crippen molar-refractivity contribution in [3.05, 3.63) is 22.8 Å². The van der Waals surface area contributed by atoms with Crippen LogP contribution in [0.2, 0.25) is 0 Å². The first kappa shape index (κ1) is 8.16. The molecule has 1 rings (SSSR count). The molecular weight excluding hydrogens is 210 g/mol. The van der Waals surface area contributed by atoms with Gasteiger partial charge < -0.3 is 0 Å². The Morgan fingerprint density at radius 2 is 2.36 bits per heavy atom. The van der Waals surface area contributed by atoms with Crippen LogP contribution >= 0.6 is 15.9 Å². The van der Waals surface area contributed by atoms with Gasteiger partial charge in [-0.1, -0.05) is 0 Å². The SMILES string of the molecule is NN(C=O)c1ccc(Br)cn1. The van der Waals surface area contributed by atoms with Gasteiger partial charge in [0.2, 0.25) is 6.41 Å². The van der Waals surface area contributed by atoms with Crippen molar-refractivity contribution in [2.24, 2.45) is 5.84 Å². The number of amides is 1. The third-order valence-corrected chi connectivity index (χ3v) is 1.56. The maximum absolute atomic E-state index is 10.1. The summed E-state index contributed by atoms with van der Waals surface area (Å²) in [5.74, 6) is 5.65. The first-order valence-corrected chi connectivity index (χ1v) is 3.64. The highest BCUT2D eigenvalue weighted by atomic mass is 79.9. The van der Waals surface area contributed by atoms with Gasteiger partial charge in [-0.2, -0.15) is 0 Å². The Bertz CT molecular complexity index is 249. The average Bonchev–Trinajstić information content (AvgIpc) is 2.05. The van der Waals surface area contributed by atoms with E-state index in [9.17, 15) is 4.79 Å². The molecule has 0 spiro atoms. The van der Waals surface area contributed by atoms with Crippen LogP contribution in [-0.2, 0) is 4.79 Å². The zero-order valence-corrected chi connectivity index (χ0v) is 7.15. The smallest absolute Gasteiger partial charge is 0.229 e. The molecule has 0 unspecified atom stereocenters. The van der Waals surface area contributed by atoms with Gasteiger partial charge in [0.25, 0.3) is 0 Å². The Morgan fingerprint density at radius 1 is 1.64 bits per heavy atom. The molecule has 0 bridgehead atoms. The molecule has 0 radical (unpaired) electrons. The third kappa shape index (κ3) is 1.99. The lowest BCUT2D eigenvalue weighted by molar-refractivity contribution is -0.107. The van der Waals surface area contributed by atoms with Crippen LogP contribution in [0.1, 0.15) is 0 Å². The van der Waals surface area contributed by atoms with E-state index in [0.29, 0.717) is 12.2 Å². The van der Waals surface area contributed by atoms with Crippen LogP contribution in [0.25, 0.3) is 0 Å². The summed E-state index contributed by atoms with van der Waals surface area (Å²) in [5.41, 5.74) is 0. The van der Waals surface area contributed by atoms with Crippen LogP contribution in [0.15, 0.2) is 22.8 Å². The lowest BCUT2D eigenvalue weighted by Crippen LogP contribution is -2.29. The van der Waals surface area contributed by atoms with Gasteiger partial charge in [-0.05, 0) is 28.1 Å². The highest BCUT2D eigenvalue weighted by Gasteiger charge is 1.98. The molecule has 0 aliphatic heterocycles. The summed E-state index contributed by atoms with van der Waals surface area (Å²) >= 11 is 3.21. The summed E-state index contributed by atoms with van der Waals surface area (Å²) in [6.45, 7) is 0. The zero-order valence-electron chi connectivity index (χ0n) is 5.57. The second-order valence-corrected chi connectivity index (χ2v) is 2.76. The van der Waals surface area contributed by atoms with Gasteiger partial charge in [0.05, 0.1) is 0 Å². The molecule has 0 aliphatic rings. The number of rotatable bonds is 2. The quantitative estimate of drug-likeness (QED) is 0.342. The van der Waals surface area contributed by atoms with E-state index in [4.69, 9.17) is 5.84 Å². The van der Waals surface area contributed by atoms with Crippen molar-refractivity contribution in [1.82, 2.24) is 4.98 Å². The maximum atomic E-state index is 10.1. The fourth-order valence-corrected chi connectivity index (χ4v) is 0.809. The van der Waals surface area contributed by atoms with Crippen LogP contribution in [0, 0.1) is 0 Å². The summed E-state index contributed by atoms with van der Waals surface area (Å²) in [6, 6.07) is 3.39. The highest BCUT2D eigenvalue weighted by molar-refractivity contribution is 9.10. The predicted octanol–water partition coefficient (Wildman–Crippen LogP) is 0.681. The number of halogens is 1. The fourth-order valence-electron chi connectivity index (χ4n) is 0.575. The minimum Gasteiger partial charge on any atom is -0.277 e. The standard InChI is InChI=1S/C6H6BrN3O/c7-5-1-2-6(9-3-5)10(8)4-11/h1-4H,8H2. The first-order chi connectivity index (χ1) is 5.24. The van der Waals surface area contributed by atoms with E-state index in [-0.39, 0.29) is 0 Å². The van der Waals surface area contributed by atoms with Crippen molar-refractivity contribution in [3.8, 4) is 0 Å². The van der Waals surface area contributed by atoms with Crippen LogP contribution in [0.3, 0.4) is 0 Å². The van der Waals surface area contributed by atoms with E-state index in [0.717, 1.165) is 9.48 Å². The van der Waals surface area contributed by atoms with E-state index < -0.39 is 0 Å². The number of hydrogen-bond acceptors (Lipinski definition) is 3. The molecule has 0 atom stereocenters. The second-order valence-electron chi connectivity index (χ2n) is 1.85. The van der Waals surface area contributed by atoms with Crippen molar-refractivity contribution in [2.75, 3.05) is 5.01 Å². The number of nitrogens with zero attached hydrogens (tertiary/aromatic N) is 2. The molecule has 0 saturated carbocycles. The van der Waals surface area contributed by atoms with Gasteiger partial charge in [0, 0.05) is 10.7 Å². The molecule has 2 N–H and O–H groups in total. The van der Waals surface area contributed by atoms with Gasteiger partial charge in [0.15, 0.2) is 0 Å². The Morgan fingerprint density at radius 3 is 2.82 bits per heavy atom. The molecule has 1 heterocycles. The Kier molecular flexibility index (Phi) is 2.56. The summed E-state index contributed by atoms with van der Waals surface area (Å²) in [4.78, 5) is 14.0. The normalized spacial score (nSPS) is 9.27. The molecule has 0 saturated heterocycles. The monoisotopic (exact) mass is 215 g/mol. The molecule has 5 heteroatoms. The second kappa shape index (κ2) is 3.45. The summed E-state index contributed by atoms with van der Waals surface area (Å²) in [7, 11) is 0. The summed E-state index contributed by atoms with van der Waals surface area (Å²) in [5, 5.41) is 0.909. The third-order valence-electron chi connectivity index (χ3n) is 1.09. The van der Waals surface area contributed by atoms with Crippen LogP contribution in [0.4, 0.5) is 5.82 Å². The maximum Gasteiger partial charge on any atom is 0.229 e. The van der Waals surface area contributed by atoms with Crippen molar-refractivity contribution < 1.29 is 4.79 Å². The van der Waals surface area contributed by atoms with Crippen LogP contribution in [-0.4, -0.2) is 11.4 Å². The first-order valence-electron chi connectivity index (χ1n) is 2.85. The highest BCUT2D eigenvalue weighted by Crippen LogP contribution is 2.11. The average molecular weight is 216 g/mol. The minimum absolute atomic E-state index is 0.420. The van der Waals surface area contributed by atoms with Gasteiger partial charge in [-0.3, -0.25) is 4.79 Å². The number of hydrazine groups is 1. The lowest BCUT2D eigenvalue weighted by Gasteiger charge is -2.07. The molecule has 11 heavy (non-hydrogen) atoms. The van der Waals surface area contributed by atoms with Crippen LogP contribution < -0.4 is 10.9 Å². The number of carbonyl (C=O) groups is 1. The van der Waals surface area contributed by atoms with E-state index in [1.165, 1.54) is 0 Å². The molecule has 1 aromatic heterocycles. The van der Waals surface area contributed by atoms with Gasteiger partial charge in [-0.15, -0.1) is 0 Å². The lowest BCUT2D eigenvalue weighted by atomic mass is 10.5. The summed E-state index contributed by atoms with van der Waals surface area (Å²) in [6.07, 6.45) is 2.06. The van der Waals surface area contributed by atoms with Gasteiger partial charge >= 0.3 is 0 Å².